The van der Waals surface area contributed by atoms with E-state index in [1.54, 1.807) is 16.2 Å². The summed E-state index contributed by atoms with van der Waals surface area (Å²) >= 11 is 1.71. The summed E-state index contributed by atoms with van der Waals surface area (Å²) in [5.74, 6) is -0.821. The summed E-state index contributed by atoms with van der Waals surface area (Å²) in [7, 11) is 0. The van der Waals surface area contributed by atoms with Crippen molar-refractivity contribution in [3.63, 3.8) is 0 Å². The number of rotatable bonds is 5. The van der Waals surface area contributed by atoms with Gasteiger partial charge in [-0.15, -0.1) is 11.3 Å². The number of carbonyl (C=O) groups excluding carboxylic acids is 1. The van der Waals surface area contributed by atoms with Crippen LogP contribution in [0.1, 0.15) is 31.1 Å². The number of hydrogen-bond donors (Lipinski definition) is 1. The summed E-state index contributed by atoms with van der Waals surface area (Å²) in [5.41, 5.74) is 0. The molecule has 1 N–H and O–H groups in total. The molecule has 1 aliphatic heterocycles. The quantitative estimate of drug-likeness (QED) is 0.908. The van der Waals surface area contributed by atoms with Gasteiger partial charge in [-0.3, -0.25) is 9.59 Å². The molecule has 2 unspecified atom stereocenters. The van der Waals surface area contributed by atoms with Crippen molar-refractivity contribution < 1.29 is 14.7 Å². The molecule has 2 rings (SSSR count). The lowest BCUT2D eigenvalue weighted by atomic mass is 9.90. The molecule has 20 heavy (non-hydrogen) atoms. The molecule has 5 heteroatoms. The van der Waals surface area contributed by atoms with Crippen molar-refractivity contribution >= 4 is 23.2 Å². The van der Waals surface area contributed by atoms with E-state index in [2.05, 4.69) is 6.07 Å². The number of carbonyl (C=O) groups is 2. The smallest absolute Gasteiger partial charge is 0.308 e. The first-order valence-electron chi connectivity index (χ1n) is 7.09. The predicted octanol–water partition coefficient (Wildman–Crippen LogP) is 2.64. The number of carboxylic acid groups (broad SMARTS) is 1. The summed E-state index contributed by atoms with van der Waals surface area (Å²) in [6.45, 7) is 3.08. The van der Waals surface area contributed by atoms with E-state index in [9.17, 15) is 9.59 Å². The fourth-order valence-corrected chi connectivity index (χ4v) is 3.51. The third-order valence-electron chi connectivity index (χ3n) is 3.76. The van der Waals surface area contributed by atoms with Gasteiger partial charge in [0.25, 0.3) is 0 Å². The van der Waals surface area contributed by atoms with Gasteiger partial charge < -0.3 is 10.0 Å². The fraction of sp³-hybridized carbons (Fsp3) is 0.600. The van der Waals surface area contributed by atoms with Gasteiger partial charge in [-0.25, -0.2) is 0 Å². The van der Waals surface area contributed by atoms with E-state index in [4.69, 9.17) is 5.11 Å². The molecule has 1 aliphatic rings. The van der Waals surface area contributed by atoms with Gasteiger partial charge in [-0.1, -0.05) is 13.0 Å². The summed E-state index contributed by atoms with van der Waals surface area (Å²) < 4.78 is 0. The number of hydrogen-bond acceptors (Lipinski definition) is 3. The Balaban J connectivity index is 1.80. The average molecular weight is 295 g/mol. The Labute approximate surface area is 123 Å². The molecule has 0 aliphatic carbocycles. The van der Waals surface area contributed by atoms with Gasteiger partial charge in [0.05, 0.1) is 5.92 Å². The molecule has 0 saturated carbocycles. The highest BCUT2D eigenvalue weighted by Gasteiger charge is 2.31. The average Bonchev–Trinajstić information content (AvgIpc) is 2.91. The third kappa shape index (κ3) is 4.07. The van der Waals surface area contributed by atoms with E-state index in [1.165, 1.54) is 4.88 Å². The third-order valence-corrected chi connectivity index (χ3v) is 4.69. The molecule has 0 aromatic carbocycles. The molecule has 1 saturated heterocycles. The van der Waals surface area contributed by atoms with Crippen LogP contribution in [0.4, 0.5) is 0 Å². The molecular weight excluding hydrogens is 274 g/mol. The molecule has 1 aromatic heterocycles. The van der Waals surface area contributed by atoms with Crippen LogP contribution in [0.3, 0.4) is 0 Å². The molecule has 110 valence electrons. The van der Waals surface area contributed by atoms with Crippen LogP contribution in [-0.2, 0) is 16.0 Å². The number of amides is 1. The summed E-state index contributed by atoms with van der Waals surface area (Å²) in [6, 6.07) is 4.10. The van der Waals surface area contributed by atoms with Crippen molar-refractivity contribution in [2.75, 3.05) is 13.1 Å². The minimum atomic E-state index is -0.784. The summed E-state index contributed by atoms with van der Waals surface area (Å²) in [6.07, 6.45) is 2.95. The van der Waals surface area contributed by atoms with Gasteiger partial charge in [0.2, 0.25) is 5.91 Å². The molecule has 1 fully saturated rings. The first kappa shape index (κ1) is 15.0. The number of thiophene rings is 1. The van der Waals surface area contributed by atoms with Crippen molar-refractivity contribution in [3.05, 3.63) is 22.4 Å². The maximum atomic E-state index is 12.2. The molecule has 2 heterocycles. The van der Waals surface area contributed by atoms with E-state index in [0.717, 1.165) is 12.8 Å². The molecule has 4 nitrogen and oxygen atoms in total. The predicted molar refractivity (Wildman–Crippen MR) is 78.7 cm³/mol. The van der Waals surface area contributed by atoms with E-state index < -0.39 is 11.9 Å². The Kier molecular flexibility index (Phi) is 5.17. The zero-order valence-corrected chi connectivity index (χ0v) is 12.6. The maximum absolute atomic E-state index is 12.2. The van der Waals surface area contributed by atoms with Crippen molar-refractivity contribution in [2.24, 2.45) is 11.8 Å². The van der Waals surface area contributed by atoms with Crippen LogP contribution >= 0.6 is 11.3 Å². The number of aryl methyl sites for hydroxylation is 1. The highest BCUT2D eigenvalue weighted by Crippen LogP contribution is 2.23. The second-order valence-electron chi connectivity index (χ2n) is 5.61. The van der Waals surface area contributed by atoms with Crippen LogP contribution in [0.15, 0.2) is 17.5 Å². The number of piperidine rings is 1. The van der Waals surface area contributed by atoms with Crippen LogP contribution in [0.25, 0.3) is 0 Å². The molecule has 1 amide bonds. The lowest BCUT2D eigenvalue weighted by Crippen LogP contribution is -2.45. The fourth-order valence-electron chi connectivity index (χ4n) is 2.76. The van der Waals surface area contributed by atoms with Crippen LogP contribution in [-0.4, -0.2) is 35.0 Å². The van der Waals surface area contributed by atoms with E-state index in [1.807, 2.05) is 18.4 Å². The first-order valence-corrected chi connectivity index (χ1v) is 7.97. The zero-order valence-electron chi connectivity index (χ0n) is 11.7. The molecule has 2 atom stereocenters. The Morgan fingerprint density at radius 3 is 2.90 bits per heavy atom. The monoisotopic (exact) mass is 295 g/mol. The minimum Gasteiger partial charge on any atom is -0.481 e. The lowest BCUT2D eigenvalue weighted by Gasteiger charge is -2.34. The van der Waals surface area contributed by atoms with E-state index in [0.29, 0.717) is 25.9 Å². The van der Waals surface area contributed by atoms with Crippen molar-refractivity contribution in [1.82, 2.24) is 4.90 Å². The second-order valence-corrected chi connectivity index (χ2v) is 6.64. The van der Waals surface area contributed by atoms with Crippen molar-refractivity contribution in [2.45, 2.75) is 32.6 Å². The number of likely N-dealkylation sites (tertiary alicyclic amines) is 1. The van der Waals surface area contributed by atoms with Gasteiger partial charge in [-0.05, 0) is 36.6 Å². The molecule has 1 aromatic rings. The van der Waals surface area contributed by atoms with E-state index in [-0.39, 0.29) is 11.8 Å². The highest BCUT2D eigenvalue weighted by molar-refractivity contribution is 7.09. The lowest BCUT2D eigenvalue weighted by molar-refractivity contribution is -0.146. The molecular formula is C15H21NO3S. The number of nitrogens with zero attached hydrogens (tertiary/aromatic N) is 1. The van der Waals surface area contributed by atoms with Gasteiger partial charge in [0, 0.05) is 24.4 Å². The minimum absolute atomic E-state index is 0.0966. The molecule has 0 spiro atoms. The Hall–Kier alpha value is -1.36. The molecule has 0 bridgehead atoms. The Morgan fingerprint density at radius 2 is 2.25 bits per heavy atom. The first-order chi connectivity index (χ1) is 9.56. The number of aliphatic carboxylic acids is 1. The van der Waals surface area contributed by atoms with Crippen LogP contribution in [0.2, 0.25) is 0 Å². The second kappa shape index (κ2) is 6.88. The topological polar surface area (TPSA) is 57.6 Å². The van der Waals surface area contributed by atoms with Gasteiger partial charge >= 0.3 is 5.97 Å². The highest BCUT2D eigenvalue weighted by atomic mass is 32.1. The van der Waals surface area contributed by atoms with E-state index >= 15 is 0 Å². The van der Waals surface area contributed by atoms with Gasteiger partial charge in [0.15, 0.2) is 0 Å². The van der Waals surface area contributed by atoms with Crippen LogP contribution in [0, 0.1) is 11.8 Å². The standard InChI is InChI=1S/C15H21NO3S/c1-11-8-12(15(18)19)10-16(9-11)14(17)6-2-4-13-5-3-7-20-13/h3,5,7,11-12H,2,4,6,8-10H2,1H3,(H,18,19). The van der Waals surface area contributed by atoms with Crippen LogP contribution < -0.4 is 0 Å². The van der Waals surface area contributed by atoms with Crippen molar-refractivity contribution in [1.29, 1.82) is 0 Å². The maximum Gasteiger partial charge on any atom is 0.308 e. The zero-order chi connectivity index (χ0) is 14.5. The summed E-state index contributed by atoms with van der Waals surface area (Å²) in [4.78, 5) is 26.3. The SMILES string of the molecule is CC1CC(C(=O)O)CN(C(=O)CCCc2cccs2)C1. The normalized spacial score (nSPS) is 22.8. The van der Waals surface area contributed by atoms with Gasteiger partial charge in [0.1, 0.15) is 0 Å². The van der Waals surface area contributed by atoms with Crippen molar-refractivity contribution in [3.8, 4) is 0 Å². The Morgan fingerprint density at radius 1 is 1.45 bits per heavy atom. The Bertz CT molecular complexity index is 458. The van der Waals surface area contributed by atoms with Gasteiger partial charge in [-0.2, -0.15) is 0 Å². The van der Waals surface area contributed by atoms with Crippen LogP contribution in [0.5, 0.6) is 0 Å². The summed E-state index contributed by atoms with van der Waals surface area (Å²) in [5, 5.41) is 11.2. The largest absolute Gasteiger partial charge is 0.481 e. The number of carboxylic acids is 1. The molecule has 0 radical (unpaired) electrons.